The fourth-order valence-electron chi connectivity index (χ4n) is 2.94. The minimum absolute atomic E-state index is 0. The number of hydrogen-bond donors (Lipinski definition) is 2. The van der Waals surface area contributed by atoms with Crippen molar-refractivity contribution in [3.05, 3.63) is 23.8 Å². The average Bonchev–Trinajstić information content (AvgIpc) is 2.97. The number of aryl methyl sites for hydroxylation is 1. The maximum Gasteiger partial charge on any atom is 0.223 e. The molecule has 0 bridgehead atoms. The second-order valence-corrected chi connectivity index (χ2v) is 5.85. The molecule has 1 saturated carbocycles. The third-order valence-electron chi connectivity index (χ3n) is 4.23. The lowest BCUT2D eigenvalue weighted by molar-refractivity contribution is -0.124. The highest BCUT2D eigenvalue weighted by Crippen LogP contribution is 2.28. The molecule has 130 valence electrons. The largest absolute Gasteiger partial charge is 0.493 e. The first-order chi connectivity index (χ1) is 10.6. The van der Waals surface area contributed by atoms with E-state index in [4.69, 9.17) is 15.2 Å². The molecule has 0 heterocycles. The Morgan fingerprint density at radius 2 is 2.00 bits per heavy atom. The third-order valence-corrected chi connectivity index (χ3v) is 4.23. The molecule has 5 nitrogen and oxygen atoms in total. The van der Waals surface area contributed by atoms with E-state index in [-0.39, 0.29) is 30.3 Å². The molecule has 0 saturated heterocycles. The Balaban J connectivity index is 0.00000264. The molecular formula is C17H27ClN2O3. The number of halogens is 1. The average molecular weight is 343 g/mol. The predicted molar refractivity (Wildman–Crippen MR) is 93.4 cm³/mol. The van der Waals surface area contributed by atoms with Crippen LogP contribution < -0.4 is 20.5 Å². The van der Waals surface area contributed by atoms with Gasteiger partial charge in [0.1, 0.15) is 0 Å². The van der Waals surface area contributed by atoms with Gasteiger partial charge in [-0.15, -0.1) is 12.4 Å². The zero-order chi connectivity index (χ0) is 15.9. The molecule has 1 aromatic carbocycles. The van der Waals surface area contributed by atoms with Crippen molar-refractivity contribution in [2.45, 2.75) is 38.1 Å². The molecule has 6 heteroatoms. The number of amides is 1. The van der Waals surface area contributed by atoms with Crippen molar-refractivity contribution < 1.29 is 14.3 Å². The SMILES string of the molecule is COc1ccc(CCCNC(=O)C2CCC(N)C2)cc1OC.Cl. The van der Waals surface area contributed by atoms with Gasteiger partial charge >= 0.3 is 0 Å². The Morgan fingerprint density at radius 1 is 1.26 bits per heavy atom. The van der Waals surface area contributed by atoms with Gasteiger partial charge in [0.2, 0.25) is 5.91 Å². The molecule has 0 aliphatic heterocycles. The van der Waals surface area contributed by atoms with Crippen LogP contribution in [0.2, 0.25) is 0 Å². The van der Waals surface area contributed by atoms with E-state index in [1.165, 1.54) is 5.56 Å². The second-order valence-electron chi connectivity index (χ2n) is 5.85. The van der Waals surface area contributed by atoms with Crippen LogP contribution in [0.3, 0.4) is 0 Å². The van der Waals surface area contributed by atoms with Gasteiger partial charge in [0.25, 0.3) is 0 Å². The van der Waals surface area contributed by atoms with Gasteiger partial charge in [-0.05, 0) is 49.8 Å². The second kappa shape index (κ2) is 9.63. The van der Waals surface area contributed by atoms with Gasteiger partial charge in [0.05, 0.1) is 14.2 Å². The van der Waals surface area contributed by atoms with Gasteiger partial charge in [-0.3, -0.25) is 4.79 Å². The van der Waals surface area contributed by atoms with Crippen LogP contribution >= 0.6 is 12.4 Å². The molecule has 2 unspecified atom stereocenters. The van der Waals surface area contributed by atoms with Crippen molar-refractivity contribution in [1.82, 2.24) is 5.32 Å². The van der Waals surface area contributed by atoms with Gasteiger partial charge < -0.3 is 20.5 Å². The Morgan fingerprint density at radius 3 is 2.61 bits per heavy atom. The molecule has 2 atom stereocenters. The molecular weight excluding hydrogens is 316 g/mol. The number of nitrogens with two attached hydrogens (primary N) is 1. The van der Waals surface area contributed by atoms with Gasteiger partial charge in [0.15, 0.2) is 11.5 Å². The van der Waals surface area contributed by atoms with E-state index in [1.54, 1.807) is 14.2 Å². The highest BCUT2D eigenvalue weighted by Gasteiger charge is 2.27. The van der Waals surface area contributed by atoms with E-state index < -0.39 is 0 Å². The summed E-state index contributed by atoms with van der Waals surface area (Å²) in [5.41, 5.74) is 7.02. The highest BCUT2D eigenvalue weighted by molar-refractivity contribution is 5.85. The first-order valence-corrected chi connectivity index (χ1v) is 7.88. The molecule has 1 amide bonds. The normalized spacial score (nSPS) is 19.8. The number of carbonyl (C=O) groups excluding carboxylic acids is 1. The predicted octanol–water partition coefficient (Wildman–Crippen LogP) is 2.30. The number of carbonyl (C=O) groups is 1. The molecule has 2 rings (SSSR count). The maximum atomic E-state index is 12.0. The van der Waals surface area contributed by atoms with E-state index >= 15 is 0 Å². The van der Waals surface area contributed by atoms with E-state index in [0.717, 1.165) is 43.6 Å². The maximum absolute atomic E-state index is 12.0. The van der Waals surface area contributed by atoms with Crippen LogP contribution in [0.4, 0.5) is 0 Å². The molecule has 0 radical (unpaired) electrons. The molecule has 0 spiro atoms. The number of benzene rings is 1. The zero-order valence-electron chi connectivity index (χ0n) is 13.8. The molecule has 23 heavy (non-hydrogen) atoms. The lowest BCUT2D eigenvalue weighted by atomic mass is 10.1. The van der Waals surface area contributed by atoms with Gasteiger partial charge in [-0.25, -0.2) is 0 Å². The Hall–Kier alpha value is -1.46. The first-order valence-electron chi connectivity index (χ1n) is 7.88. The van der Waals surface area contributed by atoms with E-state index in [0.29, 0.717) is 6.54 Å². The van der Waals surface area contributed by atoms with Gasteiger partial charge in [-0.1, -0.05) is 6.07 Å². The molecule has 1 fully saturated rings. The topological polar surface area (TPSA) is 73.6 Å². The van der Waals surface area contributed by atoms with Crippen molar-refractivity contribution in [2.75, 3.05) is 20.8 Å². The Labute approximate surface area is 144 Å². The quantitative estimate of drug-likeness (QED) is 0.746. The lowest BCUT2D eigenvalue weighted by Gasteiger charge is -2.11. The summed E-state index contributed by atoms with van der Waals surface area (Å²) in [6.45, 7) is 0.693. The number of methoxy groups -OCH3 is 2. The monoisotopic (exact) mass is 342 g/mol. The van der Waals surface area contributed by atoms with Crippen LogP contribution in [-0.4, -0.2) is 32.7 Å². The Bertz CT molecular complexity index is 511. The summed E-state index contributed by atoms with van der Waals surface area (Å²) < 4.78 is 10.5. The van der Waals surface area contributed by atoms with E-state index in [2.05, 4.69) is 5.32 Å². The number of nitrogens with one attached hydrogen (secondary N) is 1. The minimum atomic E-state index is 0. The summed E-state index contributed by atoms with van der Waals surface area (Å²) in [6.07, 6.45) is 4.50. The highest BCUT2D eigenvalue weighted by atomic mass is 35.5. The van der Waals surface area contributed by atoms with Crippen LogP contribution in [0.25, 0.3) is 0 Å². The van der Waals surface area contributed by atoms with Crippen molar-refractivity contribution in [3.8, 4) is 11.5 Å². The van der Waals surface area contributed by atoms with Crippen molar-refractivity contribution in [2.24, 2.45) is 11.7 Å². The van der Waals surface area contributed by atoms with Crippen LogP contribution in [0, 0.1) is 5.92 Å². The summed E-state index contributed by atoms with van der Waals surface area (Å²) in [4.78, 5) is 12.0. The van der Waals surface area contributed by atoms with Gasteiger partial charge in [-0.2, -0.15) is 0 Å². The Kier molecular flexibility index (Phi) is 8.20. The van der Waals surface area contributed by atoms with Crippen LogP contribution in [0.5, 0.6) is 11.5 Å². The minimum Gasteiger partial charge on any atom is -0.493 e. The molecule has 1 aliphatic rings. The third kappa shape index (κ3) is 5.59. The first kappa shape index (κ1) is 19.6. The standard InChI is InChI=1S/C17H26N2O3.ClH/c1-21-15-8-5-12(10-16(15)22-2)4-3-9-19-17(20)13-6-7-14(18)11-13;/h5,8,10,13-14H,3-4,6-7,9,11,18H2,1-2H3,(H,19,20);1H. The van der Waals surface area contributed by atoms with Crippen molar-refractivity contribution in [1.29, 1.82) is 0 Å². The summed E-state index contributed by atoms with van der Waals surface area (Å²) in [6, 6.07) is 6.12. The van der Waals surface area contributed by atoms with Crippen LogP contribution in [-0.2, 0) is 11.2 Å². The summed E-state index contributed by atoms with van der Waals surface area (Å²) in [5.74, 6) is 1.73. The molecule has 1 aliphatic carbocycles. The fourth-order valence-corrected chi connectivity index (χ4v) is 2.94. The van der Waals surface area contributed by atoms with Gasteiger partial charge in [0, 0.05) is 18.5 Å². The molecule has 3 N–H and O–H groups in total. The smallest absolute Gasteiger partial charge is 0.223 e. The number of hydrogen-bond acceptors (Lipinski definition) is 4. The summed E-state index contributed by atoms with van der Waals surface area (Å²) in [5, 5.41) is 3.02. The zero-order valence-corrected chi connectivity index (χ0v) is 14.7. The number of ether oxygens (including phenoxy) is 2. The van der Waals surface area contributed by atoms with Crippen molar-refractivity contribution >= 4 is 18.3 Å². The fraction of sp³-hybridized carbons (Fsp3) is 0.588. The van der Waals surface area contributed by atoms with Crippen LogP contribution in [0.1, 0.15) is 31.2 Å². The van der Waals surface area contributed by atoms with E-state index in [1.807, 2.05) is 18.2 Å². The summed E-state index contributed by atoms with van der Waals surface area (Å²) >= 11 is 0. The molecule has 0 aromatic heterocycles. The van der Waals surface area contributed by atoms with E-state index in [9.17, 15) is 4.79 Å². The summed E-state index contributed by atoms with van der Waals surface area (Å²) in [7, 11) is 3.26. The lowest BCUT2D eigenvalue weighted by Crippen LogP contribution is -2.31. The van der Waals surface area contributed by atoms with Crippen LogP contribution in [0.15, 0.2) is 18.2 Å². The van der Waals surface area contributed by atoms with Crippen molar-refractivity contribution in [3.63, 3.8) is 0 Å². The molecule has 1 aromatic rings. The number of rotatable bonds is 7.